The van der Waals surface area contributed by atoms with Crippen LogP contribution in [-0.2, 0) is 9.59 Å². The molecule has 0 aromatic carbocycles. The van der Waals surface area contributed by atoms with E-state index < -0.39 is 17.4 Å². The highest BCUT2D eigenvalue weighted by Gasteiger charge is 2.15. The summed E-state index contributed by atoms with van der Waals surface area (Å²) in [6.07, 6.45) is 1.79. The second-order valence-electron chi connectivity index (χ2n) is 2.61. The summed E-state index contributed by atoms with van der Waals surface area (Å²) in [7, 11) is 0. The van der Waals surface area contributed by atoms with Crippen LogP contribution >= 0.6 is 0 Å². The molecular weight excluding hydrogens is 172 g/mol. The van der Waals surface area contributed by atoms with Gasteiger partial charge >= 0.3 is 0 Å². The van der Waals surface area contributed by atoms with Gasteiger partial charge in [0, 0.05) is 13.5 Å². The number of nitrogens with one attached hydrogen (secondary N) is 1. The van der Waals surface area contributed by atoms with E-state index in [2.05, 4.69) is 10.5 Å². The second kappa shape index (κ2) is 6.16. The Bertz CT molecular complexity index is 223. The number of hydrogen-bond donors (Lipinski definition) is 2. The molecule has 0 atom stereocenters. The molecule has 0 rings (SSSR count). The first-order valence-corrected chi connectivity index (χ1v) is 4.14. The summed E-state index contributed by atoms with van der Waals surface area (Å²) < 4.78 is 0. The molecule has 13 heavy (non-hydrogen) atoms. The Hall–Kier alpha value is -1.39. The molecule has 0 aliphatic carbocycles. The van der Waals surface area contributed by atoms with Crippen molar-refractivity contribution in [2.24, 2.45) is 5.16 Å². The Balaban J connectivity index is 4.02. The van der Waals surface area contributed by atoms with Crippen LogP contribution in [0.2, 0.25) is 0 Å². The van der Waals surface area contributed by atoms with Crippen molar-refractivity contribution in [1.82, 2.24) is 5.32 Å². The molecule has 0 aliphatic rings. The average molecular weight is 186 g/mol. The Morgan fingerprint density at radius 3 is 2.46 bits per heavy atom. The standard InChI is InChI=1S/C8H14N2O3/c1-3-4-5-9-8(12)7(10-13)6(2)11/h13H,3-5H2,1-2H3,(H,9,12). The predicted octanol–water partition coefficient (Wildman–Crippen LogP) is 0.322. The molecular formula is C8H14N2O3. The lowest BCUT2D eigenvalue weighted by molar-refractivity contribution is -0.117. The van der Waals surface area contributed by atoms with Crippen LogP contribution in [0.15, 0.2) is 5.16 Å². The van der Waals surface area contributed by atoms with Gasteiger partial charge in [-0.1, -0.05) is 18.5 Å². The van der Waals surface area contributed by atoms with E-state index in [4.69, 9.17) is 5.21 Å². The summed E-state index contributed by atoms with van der Waals surface area (Å²) in [5.41, 5.74) is -0.448. The number of Topliss-reactive ketones (excluding diaryl/α,β-unsaturated/α-hetero) is 1. The lowest BCUT2D eigenvalue weighted by Gasteiger charge is -2.02. The highest BCUT2D eigenvalue weighted by molar-refractivity contribution is 6.65. The molecule has 0 bridgehead atoms. The number of hydrogen-bond acceptors (Lipinski definition) is 4. The number of ketones is 1. The maximum absolute atomic E-state index is 11.1. The minimum Gasteiger partial charge on any atom is -0.410 e. The maximum Gasteiger partial charge on any atom is 0.277 e. The lowest BCUT2D eigenvalue weighted by atomic mass is 10.2. The minimum absolute atomic E-state index is 0.448. The van der Waals surface area contributed by atoms with E-state index >= 15 is 0 Å². The van der Waals surface area contributed by atoms with Gasteiger partial charge in [0.05, 0.1) is 0 Å². The van der Waals surface area contributed by atoms with Gasteiger partial charge in [-0.15, -0.1) is 0 Å². The summed E-state index contributed by atoms with van der Waals surface area (Å²) in [6, 6.07) is 0. The zero-order valence-electron chi connectivity index (χ0n) is 7.83. The van der Waals surface area contributed by atoms with Gasteiger partial charge in [-0.3, -0.25) is 9.59 Å². The second-order valence-corrected chi connectivity index (χ2v) is 2.61. The summed E-state index contributed by atoms with van der Waals surface area (Å²) in [5.74, 6) is -1.17. The molecule has 0 aromatic heterocycles. The number of amides is 1. The molecule has 0 saturated carbocycles. The number of nitrogens with zero attached hydrogens (tertiary/aromatic N) is 1. The Labute approximate surface area is 76.8 Å². The third-order valence-corrected chi connectivity index (χ3v) is 1.46. The molecule has 0 spiro atoms. The van der Waals surface area contributed by atoms with E-state index in [1.54, 1.807) is 0 Å². The van der Waals surface area contributed by atoms with E-state index in [1.807, 2.05) is 6.92 Å². The van der Waals surface area contributed by atoms with Crippen molar-refractivity contribution in [2.45, 2.75) is 26.7 Å². The first kappa shape index (κ1) is 11.6. The van der Waals surface area contributed by atoms with E-state index in [9.17, 15) is 9.59 Å². The quantitative estimate of drug-likeness (QED) is 0.213. The van der Waals surface area contributed by atoms with Gasteiger partial charge in [0.2, 0.25) is 5.71 Å². The van der Waals surface area contributed by atoms with Crippen LogP contribution in [0.5, 0.6) is 0 Å². The van der Waals surface area contributed by atoms with Gasteiger partial charge in [0.1, 0.15) is 0 Å². The van der Waals surface area contributed by atoms with Crippen LogP contribution in [0.3, 0.4) is 0 Å². The topological polar surface area (TPSA) is 78.8 Å². The van der Waals surface area contributed by atoms with Crippen LogP contribution in [0, 0.1) is 0 Å². The third kappa shape index (κ3) is 4.25. The monoisotopic (exact) mass is 186 g/mol. The van der Waals surface area contributed by atoms with Crippen molar-refractivity contribution in [2.75, 3.05) is 6.54 Å². The largest absolute Gasteiger partial charge is 0.410 e. The molecule has 5 heteroatoms. The molecule has 5 nitrogen and oxygen atoms in total. The number of carbonyl (C=O) groups excluding carboxylic acids is 2. The molecule has 0 aliphatic heterocycles. The van der Waals surface area contributed by atoms with Gasteiger partial charge < -0.3 is 10.5 Å². The molecule has 1 amide bonds. The fraction of sp³-hybridized carbons (Fsp3) is 0.625. The highest BCUT2D eigenvalue weighted by atomic mass is 16.4. The highest BCUT2D eigenvalue weighted by Crippen LogP contribution is 1.85. The normalized spacial score (nSPS) is 11.1. The molecule has 0 aromatic rings. The van der Waals surface area contributed by atoms with E-state index in [-0.39, 0.29) is 0 Å². The molecule has 0 radical (unpaired) electrons. The van der Waals surface area contributed by atoms with Crippen LogP contribution in [0.1, 0.15) is 26.7 Å². The molecule has 74 valence electrons. The van der Waals surface area contributed by atoms with Crippen molar-refractivity contribution in [3.05, 3.63) is 0 Å². The molecule has 0 fully saturated rings. The minimum atomic E-state index is -0.622. The Kier molecular flexibility index (Phi) is 5.50. The van der Waals surface area contributed by atoms with Crippen molar-refractivity contribution in [3.63, 3.8) is 0 Å². The zero-order valence-corrected chi connectivity index (χ0v) is 7.83. The van der Waals surface area contributed by atoms with Crippen molar-refractivity contribution >= 4 is 17.4 Å². The Morgan fingerprint density at radius 2 is 2.08 bits per heavy atom. The summed E-state index contributed by atoms with van der Waals surface area (Å²) >= 11 is 0. The van der Waals surface area contributed by atoms with Gasteiger partial charge in [0.25, 0.3) is 5.91 Å². The molecule has 2 N–H and O–H groups in total. The molecule has 0 heterocycles. The van der Waals surface area contributed by atoms with E-state index in [0.29, 0.717) is 6.54 Å². The first-order valence-electron chi connectivity index (χ1n) is 4.14. The number of carbonyl (C=O) groups is 2. The molecule has 0 unspecified atom stereocenters. The third-order valence-electron chi connectivity index (χ3n) is 1.46. The van der Waals surface area contributed by atoms with Crippen LogP contribution in [0.4, 0.5) is 0 Å². The number of unbranched alkanes of at least 4 members (excludes halogenated alkanes) is 1. The van der Waals surface area contributed by atoms with Crippen molar-refractivity contribution in [3.8, 4) is 0 Å². The van der Waals surface area contributed by atoms with E-state index in [1.165, 1.54) is 6.92 Å². The predicted molar refractivity (Wildman–Crippen MR) is 47.8 cm³/mol. The fourth-order valence-corrected chi connectivity index (χ4v) is 0.738. The SMILES string of the molecule is CCCCNC(=O)C(=NO)C(C)=O. The van der Waals surface area contributed by atoms with Crippen molar-refractivity contribution in [1.29, 1.82) is 0 Å². The zero-order chi connectivity index (χ0) is 10.3. The summed E-state index contributed by atoms with van der Waals surface area (Å²) in [6.45, 7) is 3.65. The summed E-state index contributed by atoms with van der Waals surface area (Å²) in [4.78, 5) is 21.8. The van der Waals surface area contributed by atoms with Crippen LogP contribution in [0.25, 0.3) is 0 Å². The number of oxime groups is 1. The lowest BCUT2D eigenvalue weighted by Crippen LogP contribution is -2.35. The maximum atomic E-state index is 11.1. The van der Waals surface area contributed by atoms with Gasteiger partial charge in [-0.2, -0.15) is 0 Å². The average Bonchev–Trinajstić information content (AvgIpc) is 2.05. The van der Waals surface area contributed by atoms with Gasteiger partial charge in [0.15, 0.2) is 5.78 Å². The van der Waals surface area contributed by atoms with Gasteiger partial charge in [-0.25, -0.2) is 0 Å². The summed E-state index contributed by atoms with van der Waals surface area (Å²) in [5, 5.41) is 13.4. The molecule has 0 saturated heterocycles. The number of rotatable bonds is 5. The van der Waals surface area contributed by atoms with Crippen LogP contribution < -0.4 is 5.32 Å². The van der Waals surface area contributed by atoms with Crippen LogP contribution in [-0.4, -0.2) is 29.2 Å². The smallest absolute Gasteiger partial charge is 0.277 e. The fourth-order valence-electron chi connectivity index (χ4n) is 0.738. The Morgan fingerprint density at radius 1 is 1.46 bits per heavy atom. The van der Waals surface area contributed by atoms with E-state index in [0.717, 1.165) is 12.8 Å². The van der Waals surface area contributed by atoms with Gasteiger partial charge in [-0.05, 0) is 6.42 Å². The first-order chi connectivity index (χ1) is 6.13. The van der Waals surface area contributed by atoms with Crippen molar-refractivity contribution < 1.29 is 14.8 Å².